The number of amides is 1. The molecule has 0 aromatic heterocycles. The van der Waals surface area contributed by atoms with Crippen LogP contribution in [-0.4, -0.2) is 65.8 Å². The normalized spacial score (nSPS) is 22.9. The summed E-state index contributed by atoms with van der Waals surface area (Å²) in [7, 11) is -2.92. The zero-order chi connectivity index (χ0) is 13.8. The first kappa shape index (κ1) is 15.7. The maximum atomic E-state index is 11.6. The Hall–Kier alpha value is -0.310. The molecule has 1 amide bonds. The van der Waals surface area contributed by atoms with Crippen LogP contribution in [0, 0.1) is 0 Å². The summed E-state index contributed by atoms with van der Waals surface area (Å²) in [5.41, 5.74) is -1.03. The van der Waals surface area contributed by atoms with E-state index >= 15 is 0 Å². The molecule has 106 valence electrons. The second-order valence-corrected chi connectivity index (χ2v) is 8.28. The largest absolute Gasteiger partial charge is 0.394 e. The molecular formula is C10H19NO5S2. The van der Waals surface area contributed by atoms with E-state index in [4.69, 9.17) is 10.2 Å². The van der Waals surface area contributed by atoms with Crippen molar-refractivity contribution in [3.63, 3.8) is 0 Å². The van der Waals surface area contributed by atoms with Gasteiger partial charge in [-0.25, -0.2) is 8.42 Å². The Morgan fingerprint density at radius 2 is 2.06 bits per heavy atom. The van der Waals surface area contributed by atoms with E-state index in [0.717, 1.165) is 0 Å². The van der Waals surface area contributed by atoms with Gasteiger partial charge in [0.1, 0.15) is 0 Å². The van der Waals surface area contributed by atoms with Gasteiger partial charge in [0, 0.05) is 5.25 Å². The third-order valence-corrected chi connectivity index (χ3v) is 6.06. The van der Waals surface area contributed by atoms with Crippen LogP contribution in [0.4, 0.5) is 0 Å². The Morgan fingerprint density at radius 1 is 1.44 bits per heavy atom. The number of sulfone groups is 1. The van der Waals surface area contributed by atoms with E-state index in [-0.39, 0.29) is 41.6 Å². The summed E-state index contributed by atoms with van der Waals surface area (Å²) in [6.45, 7) is 0.838. The van der Waals surface area contributed by atoms with E-state index in [9.17, 15) is 13.2 Å². The Bertz CT molecular complexity index is 391. The maximum absolute atomic E-state index is 11.6. The van der Waals surface area contributed by atoms with Crippen LogP contribution in [0.5, 0.6) is 0 Å². The van der Waals surface area contributed by atoms with Crippen LogP contribution in [0.3, 0.4) is 0 Å². The molecule has 1 saturated heterocycles. The number of aliphatic hydroxyl groups excluding tert-OH is 2. The second kappa shape index (κ2) is 6.23. The monoisotopic (exact) mass is 297 g/mol. The van der Waals surface area contributed by atoms with E-state index in [0.29, 0.717) is 6.42 Å². The van der Waals surface area contributed by atoms with E-state index in [1.165, 1.54) is 18.7 Å². The Balaban J connectivity index is 2.34. The van der Waals surface area contributed by atoms with Crippen LogP contribution >= 0.6 is 11.8 Å². The van der Waals surface area contributed by atoms with Crippen LogP contribution in [0.2, 0.25) is 0 Å². The minimum Gasteiger partial charge on any atom is -0.394 e. The molecule has 1 atom stereocenters. The van der Waals surface area contributed by atoms with E-state index in [2.05, 4.69) is 5.32 Å². The van der Waals surface area contributed by atoms with E-state index in [1.807, 2.05) is 0 Å². The van der Waals surface area contributed by atoms with Gasteiger partial charge in [-0.2, -0.15) is 0 Å². The molecule has 0 aliphatic carbocycles. The predicted molar refractivity (Wildman–Crippen MR) is 70.2 cm³/mol. The van der Waals surface area contributed by atoms with Gasteiger partial charge < -0.3 is 15.5 Å². The molecule has 0 aromatic carbocycles. The number of carbonyl (C=O) groups is 1. The van der Waals surface area contributed by atoms with Crippen molar-refractivity contribution < 1.29 is 23.4 Å². The number of hydrogen-bond donors (Lipinski definition) is 3. The van der Waals surface area contributed by atoms with Gasteiger partial charge in [-0.05, 0) is 13.3 Å². The third-order valence-electron chi connectivity index (χ3n) is 2.78. The lowest BCUT2D eigenvalue weighted by Crippen LogP contribution is -2.52. The van der Waals surface area contributed by atoms with Crippen LogP contribution in [0.25, 0.3) is 0 Å². The lowest BCUT2D eigenvalue weighted by atomic mass is 10.1. The average molecular weight is 297 g/mol. The van der Waals surface area contributed by atoms with Gasteiger partial charge in [0.15, 0.2) is 9.84 Å². The fourth-order valence-electron chi connectivity index (χ4n) is 1.59. The van der Waals surface area contributed by atoms with E-state index < -0.39 is 15.4 Å². The van der Waals surface area contributed by atoms with Crippen LogP contribution in [0.15, 0.2) is 0 Å². The quantitative estimate of drug-likeness (QED) is 0.567. The SMILES string of the molecule is CC(CO)(CO)NC(=O)CSC1CCS(=O)(=O)C1. The first-order valence-electron chi connectivity index (χ1n) is 5.65. The lowest BCUT2D eigenvalue weighted by Gasteiger charge is -2.26. The summed E-state index contributed by atoms with van der Waals surface area (Å²) in [5.74, 6) is 0.143. The summed E-state index contributed by atoms with van der Waals surface area (Å²) >= 11 is 1.30. The summed E-state index contributed by atoms with van der Waals surface area (Å²) in [6.07, 6.45) is 0.581. The van der Waals surface area contributed by atoms with Crippen molar-refractivity contribution in [2.24, 2.45) is 0 Å². The first-order valence-corrected chi connectivity index (χ1v) is 8.52. The number of thioether (sulfide) groups is 1. The summed E-state index contributed by atoms with van der Waals surface area (Å²) in [6, 6.07) is 0. The zero-order valence-electron chi connectivity index (χ0n) is 10.3. The van der Waals surface area contributed by atoms with Gasteiger partial charge in [0.05, 0.1) is 36.0 Å². The summed E-state index contributed by atoms with van der Waals surface area (Å²) in [4.78, 5) is 11.6. The first-order chi connectivity index (χ1) is 8.30. The number of aliphatic hydroxyl groups is 2. The standard InChI is InChI=1S/C10H19NO5S2/c1-10(6-12,7-13)11-9(14)4-17-8-2-3-18(15,16)5-8/h8,12-13H,2-7H2,1H3,(H,11,14). The molecule has 0 aromatic rings. The molecule has 0 saturated carbocycles. The molecule has 6 nitrogen and oxygen atoms in total. The maximum Gasteiger partial charge on any atom is 0.230 e. The second-order valence-electron chi connectivity index (χ2n) is 4.76. The minimum atomic E-state index is -2.92. The fraction of sp³-hybridized carbons (Fsp3) is 0.900. The molecule has 0 radical (unpaired) electrons. The van der Waals surface area contributed by atoms with Crippen molar-refractivity contribution in [2.75, 3.05) is 30.5 Å². The van der Waals surface area contributed by atoms with E-state index in [1.54, 1.807) is 0 Å². The predicted octanol–water partition coefficient (Wildman–Crippen LogP) is -1.23. The molecule has 0 bridgehead atoms. The third kappa shape index (κ3) is 4.75. The van der Waals surface area contributed by atoms with Gasteiger partial charge in [-0.1, -0.05) is 0 Å². The molecule has 18 heavy (non-hydrogen) atoms. The van der Waals surface area contributed by atoms with Crippen molar-refractivity contribution in [1.82, 2.24) is 5.32 Å². The molecule has 1 fully saturated rings. The van der Waals surface area contributed by atoms with Crippen LogP contribution in [0.1, 0.15) is 13.3 Å². The van der Waals surface area contributed by atoms with Crippen molar-refractivity contribution in [3.8, 4) is 0 Å². The highest BCUT2D eigenvalue weighted by Crippen LogP contribution is 2.24. The smallest absolute Gasteiger partial charge is 0.230 e. The lowest BCUT2D eigenvalue weighted by molar-refractivity contribution is -0.121. The van der Waals surface area contributed by atoms with Gasteiger partial charge in [0.2, 0.25) is 5.91 Å². The van der Waals surface area contributed by atoms with Crippen molar-refractivity contribution in [2.45, 2.75) is 24.1 Å². The van der Waals surface area contributed by atoms with Gasteiger partial charge in [0.25, 0.3) is 0 Å². The molecule has 1 rings (SSSR count). The van der Waals surface area contributed by atoms with Crippen molar-refractivity contribution in [3.05, 3.63) is 0 Å². The molecular weight excluding hydrogens is 278 g/mol. The van der Waals surface area contributed by atoms with Crippen molar-refractivity contribution >= 4 is 27.5 Å². The highest BCUT2D eigenvalue weighted by atomic mass is 32.2. The fourth-order valence-corrected chi connectivity index (χ4v) is 5.03. The van der Waals surface area contributed by atoms with Gasteiger partial charge >= 0.3 is 0 Å². The number of nitrogens with one attached hydrogen (secondary N) is 1. The van der Waals surface area contributed by atoms with Gasteiger partial charge in [-0.15, -0.1) is 11.8 Å². The molecule has 1 heterocycles. The van der Waals surface area contributed by atoms with Gasteiger partial charge in [-0.3, -0.25) is 4.79 Å². The molecule has 0 spiro atoms. The number of rotatable bonds is 6. The zero-order valence-corrected chi connectivity index (χ0v) is 11.9. The minimum absolute atomic E-state index is 0.0322. The highest BCUT2D eigenvalue weighted by molar-refractivity contribution is 8.02. The Morgan fingerprint density at radius 3 is 2.50 bits per heavy atom. The molecule has 1 unspecified atom stereocenters. The Labute approximate surface area is 111 Å². The topological polar surface area (TPSA) is 104 Å². The molecule has 1 aliphatic heterocycles. The van der Waals surface area contributed by atoms with Crippen LogP contribution in [-0.2, 0) is 14.6 Å². The van der Waals surface area contributed by atoms with Crippen LogP contribution < -0.4 is 5.32 Å². The molecule has 8 heteroatoms. The Kier molecular flexibility index (Phi) is 5.45. The molecule has 3 N–H and O–H groups in total. The number of hydrogen-bond acceptors (Lipinski definition) is 6. The highest BCUT2D eigenvalue weighted by Gasteiger charge is 2.29. The summed E-state index contributed by atoms with van der Waals surface area (Å²) in [5, 5.41) is 20.5. The molecule has 1 aliphatic rings. The number of carbonyl (C=O) groups excluding carboxylic acids is 1. The average Bonchev–Trinajstić information content (AvgIpc) is 2.66. The summed E-state index contributed by atoms with van der Waals surface area (Å²) < 4.78 is 22.5. The van der Waals surface area contributed by atoms with Crippen molar-refractivity contribution in [1.29, 1.82) is 0 Å².